The van der Waals surface area contributed by atoms with E-state index in [0.29, 0.717) is 0 Å². The molecule has 22 heavy (non-hydrogen) atoms. The highest BCUT2D eigenvalue weighted by Crippen LogP contribution is 2.21. The average molecular weight is 319 g/mol. The molecule has 0 saturated carbocycles. The summed E-state index contributed by atoms with van der Waals surface area (Å²) in [6.07, 6.45) is 0. The van der Waals surface area contributed by atoms with Crippen molar-refractivity contribution in [3.63, 3.8) is 0 Å². The number of nitrogens with one attached hydrogen (secondary N) is 2. The third kappa shape index (κ3) is 4.11. The van der Waals surface area contributed by atoms with Crippen molar-refractivity contribution in [2.24, 2.45) is 0 Å². The maximum Gasteiger partial charge on any atom is 0.255 e. The molecule has 0 fully saturated rings. The van der Waals surface area contributed by atoms with Crippen LogP contribution in [0.4, 0.5) is 5.69 Å². The van der Waals surface area contributed by atoms with Gasteiger partial charge in [-0.15, -0.1) is 0 Å². The van der Waals surface area contributed by atoms with Gasteiger partial charge < -0.3 is 15.4 Å². The molecule has 1 unspecified atom stereocenters. The summed E-state index contributed by atoms with van der Waals surface area (Å²) in [7, 11) is 0. The first-order valence-electron chi connectivity index (χ1n) is 6.70. The molecule has 116 valence electrons. The molecule has 0 bridgehead atoms. The molecule has 1 heterocycles. The molecule has 2 rings (SSSR count). The van der Waals surface area contributed by atoms with Gasteiger partial charge in [0.2, 0.25) is 11.8 Å². The fraction of sp³-hybridized carbons (Fsp3) is 0.267. The first kappa shape index (κ1) is 16.1. The Hall–Kier alpha value is -2.28. The van der Waals surface area contributed by atoms with E-state index in [0.717, 1.165) is 34.6 Å². The van der Waals surface area contributed by atoms with Crippen molar-refractivity contribution in [1.82, 2.24) is 9.97 Å². The molecule has 3 N–H and O–H groups in total. The lowest BCUT2D eigenvalue weighted by atomic mass is 10.1. The van der Waals surface area contributed by atoms with E-state index in [4.69, 9.17) is 0 Å². The number of carbonyl (C=O) groups is 1. The van der Waals surface area contributed by atoms with E-state index < -0.39 is 10.8 Å². The van der Waals surface area contributed by atoms with Crippen LogP contribution in [0.5, 0.6) is 5.88 Å². The lowest BCUT2D eigenvalue weighted by Gasteiger charge is -2.12. The van der Waals surface area contributed by atoms with Gasteiger partial charge in [-0.05, 0) is 44.0 Å². The van der Waals surface area contributed by atoms with Gasteiger partial charge >= 0.3 is 0 Å². The zero-order chi connectivity index (χ0) is 16.3. The maximum absolute atomic E-state index is 12.2. The predicted molar refractivity (Wildman–Crippen MR) is 86.4 cm³/mol. The summed E-state index contributed by atoms with van der Waals surface area (Å²) in [5, 5.41) is 11.8. The minimum absolute atomic E-state index is 0.202. The topological polar surface area (TPSA) is 95.1 Å². The van der Waals surface area contributed by atoms with E-state index in [1.165, 1.54) is 0 Å². The van der Waals surface area contributed by atoms with E-state index in [9.17, 15) is 14.7 Å². The first-order chi connectivity index (χ1) is 10.3. The van der Waals surface area contributed by atoms with Crippen LogP contribution in [0.15, 0.2) is 34.2 Å². The summed E-state index contributed by atoms with van der Waals surface area (Å²) < 4.78 is 0. The smallest absolute Gasteiger partial charge is 0.255 e. The Bertz CT molecular complexity index is 758. The van der Waals surface area contributed by atoms with Gasteiger partial charge in [0.05, 0.1) is 11.3 Å². The maximum atomic E-state index is 12.2. The van der Waals surface area contributed by atoms with Crippen LogP contribution in [0, 0.1) is 13.8 Å². The quantitative estimate of drug-likeness (QED) is 0.593. The molecule has 1 atom stereocenters. The Morgan fingerprint density at radius 3 is 2.68 bits per heavy atom. The van der Waals surface area contributed by atoms with Gasteiger partial charge in [-0.25, -0.2) is 0 Å². The van der Waals surface area contributed by atoms with Crippen molar-refractivity contribution in [2.75, 3.05) is 5.32 Å². The SMILES string of the molecule is Cc1ccc(NC(=O)C(C)Sc2nc(O)cc(=O)[nH]2)cc1C. The molecule has 1 aromatic carbocycles. The number of amides is 1. The van der Waals surface area contributed by atoms with Crippen LogP contribution >= 0.6 is 11.8 Å². The zero-order valence-corrected chi connectivity index (χ0v) is 13.3. The van der Waals surface area contributed by atoms with E-state index in [-0.39, 0.29) is 16.9 Å². The highest BCUT2D eigenvalue weighted by molar-refractivity contribution is 8.00. The molecule has 0 aliphatic rings. The Morgan fingerprint density at radius 2 is 2.05 bits per heavy atom. The summed E-state index contributed by atoms with van der Waals surface area (Å²) in [5.74, 6) is -0.577. The first-order valence-corrected chi connectivity index (χ1v) is 7.58. The van der Waals surface area contributed by atoms with Gasteiger partial charge in [-0.1, -0.05) is 17.8 Å². The average Bonchev–Trinajstić information content (AvgIpc) is 2.41. The Kier molecular flexibility index (Phi) is 4.87. The number of aromatic nitrogens is 2. The van der Waals surface area contributed by atoms with Gasteiger partial charge in [0.25, 0.3) is 5.56 Å². The molecule has 0 aliphatic heterocycles. The molecule has 1 amide bonds. The minimum atomic E-state index is -0.480. The molecule has 2 aromatic rings. The van der Waals surface area contributed by atoms with Crippen LogP contribution in [-0.2, 0) is 4.79 Å². The number of aromatic hydroxyl groups is 1. The lowest BCUT2D eigenvalue weighted by molar-refractivity contribution is -0.115. The van der Waals surface area contributed by atoms with Crippen LogP contribution in [0.25, 0.3) is 0 Å². The second-order valence-electron chi connectivity index (χ2n) is 4.96. The number of carbonyl (C=O) groups excluding carboxylic acids is 1. The predicted octanol–water partition coefficient (Wildman–Crippen LogP) is 2.21. The summed E-state index contributed by atoms with van der Waals surface area (Å²) in [6, 6.07) is 6.66. The Balaban J connectivity index is 2.05. The number of aromatic amines is 1. The fourth-order valence-corrected chi connectivity index (χ4v) is 2.57. The van der Waals surface area contributed by atoms with Crippen LogP contribution in [-0.4, -0.2) is 26.2 Å². The third-order valence-electron chi connectivity index (χ3n) is 3.14. The van der Waals surface area contributed by atoms with Crippen molar-refractivity contribution in [3.05, 3.63) is 45.7 Å². The van der Waals surface area contributed by atoms with E-state index in [1.54, 1.807) is 6.92 Å². The molecular weight excluding hydrogens is 302 g/mol. The van der Waals surface area contributed by atoms with Gasteiger partial charge in [0.1, 0.15) is 0 Å². The summed E-state index contributed by atoms with van der Waals surface area (Å²) in [6.45, 7) is 5.68. The Labute approximate surface area is 132 Å². The number of anilines is 1. The largest absolute Gasteiger partial charge is 0.493 e. The zero-order valence-electron chi connectivity index (χ0n) is 12.5. The number of nitrogens with zero attached hydrogens (tertiary/aromatic N) is 1. The van der Waals surface area contributed by atoms with Gasteiger partial charge in [0.15, 0.2) is 5.16 Å². The lowest BCUT2D eigenvalue weighted by Crippen LogP contribution is -2.23. The van der Waals surface area contributed by atoms with Crippen molar-refractivity contribution in [2.45, 2.75) is 31.2 Å². The second-order valence-corrected chi connectivity index (χ2v) is 6.29. The van der Waals surface area contributed by atoms with Crippen LogP contribution < -0.4 is 10.9 Å². The molecule has 0 aliphatic carbocycles. The molecule has 0 saturated heterocycles. The summed E-state index contributed by atoms with van der Waals surface area (Å²) >= 11 is 1.07. The third-order valence-corrected chi connectivity index (χ3v) is 4.12. The van der Waals surface area contributed by atoms with E-state index in [1.807, 2.05) is 32.0 Å². The molecule has 0 spiro atoms. The van der Waals surface area contributed by atoms with Crippen LogP contribution in [0.2, 0.25) is 0 Å². The highest BCUT2D eigenvalue weighted by Gasteiger charge is 2.16. The van der Waals surface area contributed by atoms with Crippen LogP contribution in [0.3, 0.4) is 0 Å². The number of aryl methyl sites for hydroxylation is 2. The van der Waals surface area contributed by atoms with Gasteiger partial charge in [0, 0.05) is 5.69 Å². The number of H-pyrrole nitrogens is 1. The van der Waals surface area contributed by atoms with E-state index >= 15 is 0 Å². The molecule has 6 nitrogen and oxygen atoms in total. The van der Waals surface area contributed by atoms with Crippen LogP contribution in [0.1, 0.15) is 18.1 Å². The fourth-order valence-electron chi connectivity index (χ4n) is 1.76. The number of rotatable bonds is 4. The van der Waals surface area contributed by atoms with Crippen molar-refractivity contribution < 1.29 is 9.90 Å². The molecule has 0 radical (unpaired) electrons. The summed E-state index contributed by atoms with van der Waals surface area (Å²) in [4.78, 5) is 29.7. The second kappa shape index (κ2) is 6.65. The monoisotopic (exact) mass is 319 g/mol. The number of thioether (sulfide) groups is 1. The van der Waals surface area contributed by atoms with Crippen molar-refractivity contribution in [3.8, 4) is 5.88 Å². The number of benzene rings is 1. The minimum Gasteiger partial charge on any atom is -0.493 e. The van der Waals surface area contributed by atoms with Gasteiger partial charge in [-0.2, -0.15) is 4.98 Å². The molecule has 7 heteroatoms. The Morgan fingerprint density at radius 1 is 1.32 bits per heavy atom. The van der Waals surface area contributed by atoms with Crippen molar-refractivity contribution in [1.29, 1.82) is 0 Å². The van der Waals surface area contributed by atoms with Gasteiger partial charge in [-0.3, -0.25) is 9.59 Å². The molecule has 1 aromatic heterocycles. The number of hydrogen-bond donors (Lipinski definition) is 3. The molecular formula is C15H17N3O3S. The highest BCUT2D eigenvalue weighted by atomic mass is 32.2. The van der Waals surface area contributed by atoms with Crippen molar-refractivity contribution >= 4 is 23.4 Å². The van der Waals surface area contributed by atoms with E-state index in [2.05, 4.69) is 15.3 Å². The normalized spacial score (nSPS) is 12.0. The number of hydrogen-bond acceptors (Lipinski definition) is 5. The standard InChI is InChI=1S/C15H17N3O3S/c1-8-4-5-11(6-9(8)2)16-14(21)10(3)22-15-17-12(19)7-13(20)18-15/h4-7,10H,1-3H3,(H,16,21)(H2,17,18,19,20). The summed E-state index contributed by atoms with van der Waals surface area (Å²) in [5.41, 5.74) is 2.51.